The minimum atomic E-state index is -0.552. The van der Waals surface area contributed by atoms with Crippen molar-refractivity contribution in [2.75, 3.05) is 12.4 Å². The minimum absolute atomic E-state index is 0.0582. The van der Waals surface area contributed by atoms with Crippen molar-refractivity contribution >= 4 is 33.6 Å². The highest BCUT2D eigenvalue weighted by Crippen LogP contribution is 2.35. The first-order valence-electron chi connectivity index (χ1n) is 9.26. The Morgan fingerprint density at radius 3 is 2.52 bits per heavy atom. The molecule has 3 rings (SSSR count). The van der Waals surface area contributed by atoms with Crippen molar-refractivity contribution < 1.29 is 19.4 Å². The Bertz CT molecular complexity index is 1140. The zero-order valence-corrected chi connectivity index (χ0v) is 18.2. The Kier molecular flexibility index (Phi) is 7.31. The van der Waals surface area contributed by atoms with Gasteiger partial charge < -0.3 is 19.9 Å². The predicted molar refractivity (Wildman–Crippen MR) is 122 cm³/mol. The van der Waals surface area contributed by atoms with Gasteiger partial charge in [0, 0.05) is 5.69 Å². The van der Waals surface area contributed by atoms with E-state index < -0.39 is 5.91 Å². The average molecular weight is 479 g/mol. The second-order valence-electron chi connectivity index (χ2n) is 6.48. The summed E-state index contributed by atoms with van der Waals surface area (Å²) in [6.07, 6.45) is 1.42. The molecule has 3 aromatic rings. The van der Waals surface area contributed by atoms with Crippen LogP contribution in [0, 0.1) is 11.3 Å². The molecule has 0 spiro atoms. The standard InChI is InChI=1S/C24H19BrN2O4/c1-30-22-13-17(12-21(25)23(22)28)11-18(14-26)24(29)27-19-7-9-20(10-8-19)31-15-16-5-3-2-4-6-16/h2-13,28H,15H2,1H3,(H,27,29)/b18-11+. The molecule has 3 aromatic carbocycles. The van der Waals surface area contributed by atoms with Crippen molar-refractivity contribution in [1.82, 2.24) is 0 Å². The molecule has 0 aromatic heterocycles. The van der Waals surface area contributed by atoms with Crippen LogP contribution < -0.4 is 14.8 Å². The molecule has 0 fully saturated rings. The molecule has 31 heavy (non-hydrogen) atoms. The summed E-state index contributed by atoms with van der Waals surface area (Å²) in [4.78, 5) is 12.5. The van der Waals surface area contributed by atoms with Gasteiger partial charge in [0.1, 0.15) is 24.0 Å². The van der Waals surface area contributed by atoms with Crippen LogP contribution >= 0.6 is 15.9 Å². The molecule has 156 valence electrons. The van der Waals surface area contributed by atoms with Gasteiger partial charge in [0.05, 0.1) is 11.6 Å². The van der Waals surface area contributed by atoms with Crippen LogP contribution in [0.2, 0.25) is 0 Å². The van der Waals surface area contributed by atoms with E-state index in [-0.39, 0.29) is 17.1 Å². The van der Waals surface area contributed by atoms with Crippen LogP contribution in [0.4, 0.5) is 5.69 Å². The molecule has 0 unspecified atom stereocenters. The van der Waals surface area contributed by atoms with Crippen LogP contribution in [0.3, 0.4) is 0 Å². The number of halogens is 1. The van der Waals surface area contributed by atoms with E-state index in [9.17, 15) is 15.2 Å². The molecule has 0 atom stereocenters. The zero-order chi connectivity index (χ0) is 22.2. The molecule has 6 nitrogen and oxygen atoms in total. The molecule has 0 saturated heterocycles. The molecule has 2 N–H and O–H groups in total. The fraction of sp³-hybridized carbons (Fsp3) is 0.0833. The summed E-state index contributed by atoms with van der Waals surface area (Å²) in [5.74, 6) is 0.282. The molecule has 0 aliphatic rings. The quantitative estimate of drug-likeness (QED) is 0.355. The maximum atomic E-state index is 12.5. The fourth-order valence-electron chi connectivity index (χ4n) is 2.72. The number of nitriles is 1. The predicted octanol–water partition coefficient (Wildman–Crippen LogP) is 5.29. The zero-order valence-electron chi connectivity index (χ0n) is 16.6. The number of hydrogen-bond acceptors (Lipinski definition) is 5. The highest BCUT2D eigenvalue weighted by molar-refractivity contribution is 9.10. The number of nitrogens with one attached hydrogen (secondary N) is 1. The van der Waals surface area contributed by atoms with Gasteiger partial charge in [-0.3, -0.25) is 4.79 Å². The van der Waals surface area contributed by atoms with E-state index in [0.29, 0.717) is 28.1 Å². The number of amides is 1. The smallest absolute Gasteiger partial charge is 0.266 e. The van der Waals surface area contributed by atoms with E-state index in [0.717, 1.165) is 5.56 Å². The molecule has 0 aliphatic heterocycles. The summed E-state index contributed by atoms with van der Waals surface area (Å²) in [5, 5.41) is 22.0. The lowest BCUT2D eigenvalue weighted by atomic mass is 10.1. The Hall–Kier alpha value is -3.76. The monoisotopic (exact) mass is 478 g/mol. The number of phenolic OH excluding ortho intramolecular Hbond substituents is 1. The SMILES string of the molecule is COc1cc(/C=C(\C#N)C(=O)Nc2ccc(OCc3ccccc3)cc2)cc(Br)c1O. The number of ether oxygens (including phenoxy) is 2. The number of aromatic hydroxyl groups is 1. The lowest BCUT2D eigenvalue weighted by Crippen LogP contribution is -2.13. The van der Waals surface area contributed by atoms with Gasteiger partial charge in [-0.1, -0.05) is 30.3 Å². The number of phenols is 1. The topological polar surface area (TPSA) is 91.6 Å². The largest absolute Gasteiger partial charge is 0.503 e. The lowest BCUT2D eigenvalue weighted by molar-refractivity contribution is -0.112. The Balaban J connectivity index is 1.67. The van der Waals surface area contributed by atoms with Crippen molar-refractivity contribution in [3.05, 3.63) is 87.9 Å². The highest BCUT2D eigenvalue weighted by Gasteiger charge is 2.12. The molecule has 1 amide bonds. The van der Waals surface area contributed by atoms with E-state index in [1.54, 1.807) is 30.3 Å². The first-order chi connectivity index (χ1) is 15.0. The lowest BCUT2D eigenvalue weighted by Gasteiger charge is -2.09. The number of benzene rings is 3. The van der Waals surface area contributed by atoms with Crippen molar-refractivity contribution in [3.8, 4) is 23.3 Å². The summed E-state index contributed by atoms with van der Waals surface area (Å²) < 4.78 is 11.2. The van der Waals surface area contributed by atoms with E-state index in [1.807, 2.05) is 36.4 Å². The third-order valence-corrected chi connectivity index (χ3v) is 4.91. The van der Waals surface area contributed by atoms with Crippen molar-refractivity contribution in [1.29, 1.82) is 5.26 Å². The van der Waals surface area contributed by atoms with Crippen molar-refractivity contribution in [2.24, 2.45) is 0 Å². The first kappa shape index (κ1) is 21.9. The van der Waals surface area contributed by atoms with E-state index in [2.05, 4.69) is 21.2 Å². The number of methoxy groups -OCH3 is 1. The van der Waals surface area contributed by atoms with Crippen LogP contribution in [0.25, 0.3) is 6.08 Å². The van der Waals surface area contributed by atoms with Gasteiger partial charge in [-0.15, -0.1) is 0 Å². The highest BCUT2D eigenvalue weighted by atomic mass is 79.9. The van der Waals surface area contributed by atoms with Crippen LogP contribution in [0.1, 0.15) is 11.1 Å². The van der Waals surface area contributed by atoms with Gasteiger partial charge in [-0.2, -0.15) is 5.26 Å². The molecule has 0 heterocycles. The molecule has 0 aliphatic carbocycles. The summed E-state index contributed by atoms with van der Waals surface area (Å²) in [6, 6.07) is 21.7. The second kappa shape index (κ2) is 10.3. The number of nitrogens with zero attached hydrogens (tertiary/aromatic N) is 1. The Labute approximate surface area is 188 Å². The third kappa shape index (κ3) is 5.87. The Morgan fingerprint density at radius 1 is 1.16 bits per heavy atom. The van der Waals surface area contributed by atoms with E-state index in [4.69, 9.17) is 9.47 Å². The molecule has 0 radical (unpaired) electrons. The fourth-order valence-corrected chi connectivity index (χ4v) is 3.18. The van der Waals surface area contributed by atoms with Gasteiger partial charge >= 0.3 is 0 Å². The second-order valence-corrected chi connectivity index (χ2v) is 7.33. The summed E-state index contributed by atoms with van der Waals surface area (Å²) in [7, 11) is 1.42. The van der Waals surface area contributed by atoms with Crippen LogP contribution in [0.15, 0.2) is 76.8 Å². The first-order valence-corrected chi connectivity index (χ1v) is 10.1. The maximum absolute atomic E-state index is 12.5. The van der Waals surface area contributed by atoms with Gasteiger partial charge in [-0.25, -0.2) is 0 Å². The van der Waals surface area contributed by atoms with Crippen LogP contribution in [0.5, 0.6) is 17.2 Å². The molecule has 7 heteroatoms. The summed E-state index contributed by atoms with van der Waals surface area (Å²) in [6.45, 7) is 0.444. The number of rotatable bonds is 7. The number of carbonyl (C=O) groups is 1. The van der Waals surface area contributed by atoms with E-state index in [1.165, 1.54) is 19.3 Å². The maximum Gasteiger partial charge on any atom is 0.266 e. The van der Waals surface area contributed by atoms with Gasteiger partial charge in [0.25, 0.3) is 5.91 Å². The summed E-state index contributed by atoms with van der Waals surface area (Å²) >= 11 is 3.22. The molecular weight excluding hydrogens is 460 g/mol. The number of hydrogen-bond donors (Lipinski definition) is 2. The van der Waals surface area contributed by atoms with Crippen molar-refractivity contribution in [3.63, 3.8) is 0 Å². The van der Waals surface area contributed by atoms with E-state index >= 15 is 0 Å². The minimum Gasteiger partial charge on any atom is -0.503 e. The van der Waals surface area contributed by atoms with Crippen molar-refractivity contribution in [2.45, 2.75) is 6.61 Å². The van der Waals surface area contributed by atoms with Gasteiger partial charge in [0.2, 0.25) is 0 Å². The Morgan fingerprint density at radius 2 is 1.87 bits per heavy atom. The molecular formula is C24H19BrN2O4. The molecule has 0 bridgehead atoms. The van der Waals surface area contributed by atoms with Gasteiger partial charge in [-0.05, 0) is 69.5 Å². The molecule has 0 saturated carbocycles. The third-order valence-electron chi connectivity index (χ3n) is 4.31. The number of anilines is 1. The van der Waals surface area contributed by atoms with Crippen LogP contribution in [-0.2, 0) is 11.4 Å². The number of carbonyl (C=O) groups excluding carboxylic acids is 1. The van der Waals surface area contributed by atoms with Gasteiger partial charge in [0.15, 0.2) is 11.5 Å². The average Bonchev–Trinajstić information content (AvgIpc) is 2.79. The normalized spacial score (nSPS) is 10.8. The summed E-state index contributed by atoms with van der Waals surface area (Å²) in [5.41, 5.74) is 2.02. The van der Waals surface area contributed by atoms with Crippen LogP contribution in [-0.4, -0.2) is 18.1 Å².